The van der Waals surface area contributed by atoms with E-state index in [1.54, 1.807) is 6.92 Å². The van der Waals surface area contributed by atoms with Crippen LogP contribution in [0.15, 0.2) is 48.5 Å². The predicted molar refractivity (Wildman–Crippen MR) is 69.9 cm³/mol. The molecule has 0 amide bonds. The molecule has 2 nitrogen and oxygen atoms in total. The quantitative estimate of drug-likeness (QED) is 0.641. The van der Waals surface area contributed by atoms with E-state index in [0.717, 1.165) is 16.3 Å². The maximum absolute atomic E-state index is 9.59. The summed E-state index contributed by atoms with van der Waals surface area (Å²) in [5.41, 5.74) is 1.68. The fourth-order valence-electron chi connectivity index (χ4n) is 2.11. The van der Waals surface area contributed by atoms with Gasteiger partial charge in [0.15, 0.2) is 0 Å². The Morgan fingerprint density at radius 3 is 2.47 bits per heavy atom. The summed E-state index contributed by atoms with van der Waals surface area (Å²) in [6, 6.07) is 16.2. The number of pyridine rings is 1. The lowest BCUT2D eigenvalue weighted by atomic mass is 10.1. The topological polar surface area (TPSA) is 33.1 Å². The van der Waals surface area contributed by atoms with E-state index in [1.807, 2.05) is 24.3 Å². The van der Waals surface area contributed by atoms with Crippen LogP contribution >= 0.6 is 0 Å². The van der Waals surface area contributed by atoms with Gasteiger partial charge in [0.1, 0.15) is 0 Å². The molecule has 0 saturated heterocycles. The van der Waals surface area contributed by atoms with Crippen molar-refractivity contribution in [2.45, 2.75) is 13.0 Å². The van der Waals surface area contributed by atoms with Gasteiger partial charge in [-0.2, -0.15) is 0 Å². The largest absolute Gasteiger partial charge is 0.387 e. The molecule has 1 heterocycles. The average molecular weight is 223 g/mol. The lowest BCUT2D eigenvalue weighted by molar-refractivity contribution is 0.195. The summed E-state index contributed by atoms with van der Waals surface area (Å²) >= 11 is 0. The molecule has 1 atom stereocenters. The molecule has 3 rings (SSSR count). The van der Waals surface area contributed by atoms with Crippen molar-refractivity contribution < 1.29 is 5.11 Å². The Morgan fingerprint density at radius 2 is 1.65 bits per heavy atom. The van der Waals surface area contributed by atoms with Crippen molar-refractivity contribution in [3.8, 4) is 0 Å². The van der Waals surface area contributed by atoms with E-state index in [-0.39, 0.29) is 0 Å². The number of hydrogen-bond acceptors (Lipinski definition) is 2. The maximum atomic E-state index is 9.59. The van der Waals surface area contributed by atoms with E-state index in [2.05, 4.69) is 29.2 Å². The Bertz CT molecular complexity index is 689. The molecule has 0 spiro atoms. The van der Waals surface area contributed by atoms with E-state index >= 15 is 0 Å². The van der Waals surface area contributed by atoms with Crippen molar-refractivity contribution in [2.24, 2.45) is 0 Å². The summed E-state index contributed by atoms with van der Waals surface area (Å²) in [6.45, 7) is 1.74. The smallest absolute Gasteiger partial charge is 0.0932 e. The second-order valence-corrected chi connectivity index (χ2v) is 4.27. The van der Waals surface area contributed by atoms with Gasteiger partial charge in [-0.3, -0.25) is 0 Å². The number of aliphatic hydroxyl groups excluding tert-OH is 1. The van der Waals surface area contributed by atoms with E-state index in [9.17, 15) is 5.11 Å². The zero-order valence-electron chi connectivity index (χ0n) is 9.59. The van der Waals surface area contributed by atoms with Crippen LogP contribution in [0.25, 0.3) is 21.7 Å². The van der Waals surface area contributed by atoms with E-state index in [1.165, 1.54) is 5.39 Å². The van der Waals surface area contributed by atoms with Gasteiger partial charge in [0.25, 0.3) is 0 Å². The van der Waals surface area contributed by atoms with Gasteiger partial charge < -0.3 is 5.11 Å². The molecular formula is C15H13NO. The second-order valence-electron chi connectivity index (χ2n) is 4.27. The molecule has 17 heavy (non-hydrogen) atoms. The number of nitrogens with zero attached hydrogens (tertiary/aromatic N) is 1. The molecule has 84 valence electrons. The first-order valence-electron chi connectivity index (χ1n) is 5.72. The van der Waals surface area contributed by atoms with Gasteiger partial charge in [-0.15, -0.1) is 0 Å². The lowest BCUT2D eigenvalue weighted by Gasteiger charge is -2.07. The summed E-state index contributed by atoms with van der Waals surface area (Å²) in [5.74, 6) is 0. The Hall–Kier alpha value is -1.93. The summed E-state index contributed by atoms with van der Waals surface area (Å²) in [7, 11) is 0. The van der Waals surface area contributed by atoms with Crippen LogP contribution in [-0.4, -0.2) is 10.1 Å². The van der Waals surface area contributed by atoms with Gasteiger partial charge in [-0.1, -0.05) is 42.5 Å². The van der Waals surface area contributed by atoms with Gasteiger partial charge in [-0.05, 0) is 18.4 Å². The Labute approximate surface area is 99.5 Å². The number of hydrogen-bond donors (Lipinski definition) is 1. The van der Waals surface area contributed by atoms with Crippen LogP contribution in [0.1, 0.15) is 18.7 Å². The monoisotopic (exact) mass is 223 g/mol. The molecule has 0 fully saturated rings. The van der Waals surface area contributed by atoms with Crippen molar-refractivity contribution >= 4 is 21.7 Å². The van der Waals surface area contributed by atoms with E-state index in [4.69, 9.17) is 0 Å². The van der Waals surface area contributed by atoms with Crippen LogP contribution in [0, 0.1) is 0 Å². The first-order valence-corrected chi connectivity index (χ1v) is 5.72. The predicted octanol–water partition coefficient (Wildman–Crippen LogP) is 3.44. The van der Waals surface area contributed by atoms with Crippen LogP contribution in [0.5, 0.6) is 0 Å². The van der Waals surface area contributed by atoms with Gasteiger partial charge in [-0.25, -0.2) is 4.98 Å². The van der Waals surface area contributed by atoms with Gasteiger partial charge in [0, 0.05) is 10.8 Å². The summed E-state index contributed by atoms with van der Waals surface area (Å²) < 4.78 is 0. The molecule has 1 N–H and O–H groups in total. The third-order valence-corrected chi connectivity index (χ3v) is 3.03. The molecule has 2 heteroatoms. The molecule has 0 radical (unpaired) electrons. The van der Waals surface area contributed by atoms with Crippen molar-refractivity contribution in [1.29, 1.82) is 0 Å². The van der Waals surface area contributed by atoms with Crippen LogP contribution in [0.2, 0.25) is 0 Å². The lowest BCUT2D eigenvalue weighted by Crippen LogP contribution is -1.95. The van der Waals surface area contributed by atoms with Crippen molar-refractivity contribution in [3.05, 3.63) is 54.2 Å². The Kier molecular flexibility index (Phi) is 2.30. The summed E-state index contributed by atoms with van der Waals surface area (Å²) in [5, 5.41) is 13.0. The zero-order chi connectivity index (χ0) is 11.8. The summed E-state index contributed by atoms with van der Waals surface area (Å²) in [6.07, 6.45) is -0.529. The van der Waals surface area contributed by atoms with Crippen molar-refractivity contribution in [2.75, 3.05) is 0 Å². The first-order chi connectivity index (χ1) is 8.25. The van der Waals surface area contributed by atoms with E-state index in [0.29, 0.717) is 5.69 Å². The molecule has 0 saturated carbocycles. The number of benzene rings is 2. The minimum atomic E-state index is -0.529. The fourth-order valence-corrected chi connectivity index (χ4v) is 2.11. The molecule has 0 bridgehead atoms. The number of rotatable bonds is 1. The molecule has 0 unspecified atom stereocenters. The Morgan fingerprint density at radius 1 is 0.941 bits per heavy atom. The third kappa shape index (κ3) is 1.67. The van der Waals surface area contributed by atoms with Crippen LogP contribution in [-0.2, 0) is 0 Å². The Balaban J connectivity index is 2.42. The average Bonchev–Trinajstić information content (AvgIpc) is 2.38. The standard InChI is InChI=1S/C15H13NO/c1-10(17)14-9-8-12-7-6-11-4-2-3-5-13(11)15(12)16-14/h2-10,17H,1H3/t10-/m1/s1. The fraction of sp³-hybridized carbons (Fsp3) is 0.133. The highest BCUT2D eigenvalue weighted by molar-refractivity contribution is 6.05. The highest BCUT2D eigenvalue weighted by Crippen LogP contribution is 2.25. The van der Waals surface area contributed by atoms with Crippen LogP contribution in [0.4, 0.5) is 0 Å². The molecule has 0 aliphatic heterocycles. The number of aliphatic hydroxyl groups is 1. The minimum Gasteiger partial charge on any atom is -0.387 e. The van der Waals surface area contributed by atoms with Crippen molar-refractivity contribution in [3.63, 3.8) is 0 Å². The highest BCUT2D eigenvalue weighted by atomic mass is 16.3. The number of fused-ring (bicyclic) bond motifs is 3. The third-order valence-electron chi connectivity index (χ3n) is 3.03. The molecule has 0 aliphatic rings. The van der Waals surface area contributed by atoms with Gasteiger partial charge >= 0.3 is 0 Å². The molecule has 2 aromatic carbocycles. The zero-order valence-corrected chi connectivity index (χ0v) is 9.59. The first kappa shape index (κ1) is 10.2. The maximum Gasteiger partial charge on any atom is 0.0932 e. The minimum absolute atomic E-state index is 0.529. The van der Waals surface area contributed by atoms with Gasteiger partial charge in [0.05, 0.1) is 17.3 Å². The highest BCUT2D eigenvalue weighted by Gasteiger charge is 2.06. The normalized spacial score (nSPS) is 13.1. The van der Waals surface area contributed by atoms with Crippen molar-refractivity contribution in [1.82, 2.24) is 4.98 Å². The van der Waals surface area contributed by atoms with Gasteiger partial charge in [0.2, 0.25) is 0 Å². The van der Waals surface area contributed by atoms with Crippen LogP contribution in [0.3, 0.4) is 0 Å². The van der Waals surface area contributed by atoms with E-state index < -0.39 is 6.10 Å². The summed E-state index contributed by atoms with van der Waals surface area (Å²) in [4.78, 5) is 4.55. The second kappa shape index (κ2) is 3.82. The molecule has 0 aliphatic carbocycles. The molecule has 1 aromatic heterocycles. The SMILES string of the molecule is C[C@@H](O)c1ccc2ccc3ccccc3c2n1. The molecular weight excluding hydrogens is 210 g/mol. The van der Waals surface area contributed by atoms with Crippen LogP contribution < -0.4 is 0 Å². The molecule has 3 aromatic rings. The number of aromatic nitrogens is 1.